The standard InChI is InChI=1S/C12H14BrN3O/c13-10-5-4-9(8-14)11(7-10)16-6-2-1-3-12(15)17/h4-5,7,16H,1-3,6H2,(H2,15,17). The van der Waals surface area contributed by atoms with E-state index in [2.05, 4.69) is 27.3 Å². The Morgan fingerprint density at radius 2 is 2.24 bits per heavy atom. The zero-order chi connectivity index (χ0) is 12.7. The zero-order valence-corrected chi connectivity index (χ0v) is 11.0. The van der Waals surface area contributed by atoms with E-state index in [9.17, 15) is 4.79 Å². The first-order valence-electron chi connectivity index (χ1n) is 5.35. The summed E-state index contributed by atoms with van der Waals surface area (Å²) in [4.78, 5) is 10.5. The van der Waals surface area contributed by atoms with Crippen LogP contribution >= 0.6 is 15.9 Å². The van der Waals surface area contributed by atoms with E-state index in [-0.39, 0.29) is 5.91 Å². The van der Waals surface area contributed by atoms with E-state index in [0.717, 1.165) is 29.5 Å². The van der Waals surface area contributed by atoms with Gasteiger partial charge in [-0.25, -0.2) is 0 Å². The van der Waals surface area contributed by atoms with Gasteiger partial charge in [0.2, 0.25) is 5.91 Å². The van der Waals surface area contributed by atoms with Crippen LogP contribution in [0.5, 0.6) is 0 Å². The van der Waals surface area contributed by atoms with Crippen molar-refractivity contribution in [2.24, 2.45) is 5.73 Å². The van der Waals surface area contributed by atoms with Crippen LogP contribution in [0.4, 0.5) is 5.69 Å². The maximum absolute atomic E-state index is 10.5. The first-order chi connectivity index (χ1) is 8.13. The molecule has 4 nitrogen and oxygen atoms in total. The van der Waals surface area contributed by atoms with Gasteiger partial charge < -0.3 is 11.1 Å². The Bertz CT molecular complexity index is 440. The molecule has 0 fully saturated rings. The average Bonchev–Trinajstić information content (AvgIpc) is 2.28. The zero-order valence-electron chi connectivity index (χ0n) is 9.37. The maximum Gasteiger partial charge on any atom is 0.217 e. The van der Waals surface area contributed by atoms with Gasteiger partial charge in [0.1, 0.15) is 6.07 Å². The number of nitrogens with two attached hydrogens (primary N) is 1. The summed E-state index contributed by atoms with van der Waals surface area (Å²) in [6.07, 6.45) is 2.02. The lowest BCUT2D eigenvalue weighted by atomic mass is 10.2. The Labute approximate surface area is 109 Å². The SMILES string of the molecule is N#Cc1ccc(Br)cc1NCCCCC(N)=O. The van der Waals surface area contributed by atoms with Crippen molar-refractivity contribution in [3.05, 3.63) is 28.2 Å². The molecule has 1 aromatic rings. The smallest absolute Gasteiger partial charge is 0.217 e. The van der Waals surface area contributed by atoms with Crippen molar-refractivity contribution >= 4 is 27.5 Å². The van der Waals surface area contributed by atoms with Crippen LogP contribution in [-0.2, 0) is 4.79 Å². The van der Waals surface area contributed by atoms with Gasteiger partial charge in [0.05, 0.1) is 11.3 Å². The number of hydrogen-bond acceptors (Lipinski definition) is 3. The van der Waals surface area contributed by atoms with Crippen LogP contribution in [0.15, 0.2) is 22.7 Å². The second kappa shape index (κ2) is 6.92. The molecule has 0 heterocycles. The summed E-state index contributed by atoms with van der Waals surface area (Å²) in [5.74, 6) is -0.273. The first kappa shape index (κ1) is 13.5. The van der Waals surface area contributed by atoms with Crippen molar-refractivity contribution in [1.29, 1.82) is 5.26 Å². The van der Waals surface area contributed by atoms with E-state index < -0.39 is 0 Å². The van der Waals surface area contributed by atoms with Crippen LogP contribution in [0.25, 0.3) is 0 Å². The van der Waals surface area contributed by atoms with Crippen LogP contribution in [0.3, 0.4) is 0 Å². The fourth-order valence-electron chi connectivity index (χ4n) is 1.41. The van der Waals surface area contributed by atoms with E-state index in [4.69, 9.17) is 11.0 Å². The topological polar surface area (TPSA) is 78.9 Å². The lowest BCUT2D eigenvalue weighted by Crippen LogP contribution is -2.11. The molecule has 0 radical (unpaired) electrons. The minimum absolute atomic E-state index is 0.273. The highest BCUT2D eigenvalue weighted by Gasteiger charge is 2.02. The second-order valence-corrected chi connectivity index (χ2v) is 4.57. The maximum atomic E-state index is 10.5. The number of nitrogens with one attached hydrogen (secondary N) is 1. The van der Waals surface area contributed by atoms with Crippen molar-refractivity contribution in [3.8, 4) is 6.07 Å². The molecule has 0 saturated heterocycles. The number of nitriles is 1. The normalized spacial score (nSPS) is 9.65. The molecule has 0 aromatic heterocycles. The molecule has 1 amide bonds. The van der Waals surface area contributed by atoms with Gasteiger partial charge in [-0.1, -0.05) is 15.9 Å². The van der Waals surface area contributed by atoms with Crippen LogP contribution in [-0.4, -0.2) is 12.5 Å². The fraction of sp³-hybridized carbons (Fsp3) is 0.333. The summed E-state index contributed by atoms with van der Waals surface area (Å²) in [6, 6.07) is 7.58. The third-order valence-corrected chi connectivity index (χ3v) is 2.76. The number of amides is 1. The number of primary amides is 1. The molecule has 1 rings (SSSR count). The molecule has 1 aromatic carbocycles. The van der Waals surface area contributed by atoms with Crippen LogP contribution < -0.4 is 11.1 Å². The average molecular weight is 296 g/mol. The highest BCUT2D eigenvalue weighted by atomic mass is 79.9. The molecule has 0 atom stereocenters. The molecule has 3 N–H and O–H groups in total. The van der Waals surface area contributed by atoms with Gasteiger partial charge in [0.15, 0.2) is 0 Å². The van der Waals surface area contributed by atoms with Crippen molar-refractivity contribution in [1.82, 2.24) is 0 Å². The monoisotopic (exact) mass is 295 g/mol. The van der Waals surface area contributed by atoms with E-state index in [1.807, 2.05) is 12.1 Å². The summed E-state index contributed by atoms with van der Waals surface area (Å²) < 4.78 is 0.927. The molecule has 0 aliphatic heterocycles. The lowest BCUT2D eigenvalue weighted by Gasteiger charge is -2.08. The van der Waals surface area contributed by atoms with Crippen molar-refractivity contribution in [2.75, 3.05) is 11.9 Å². The number of benzene rings is 1. The van der Waals surface area contributed by atoms with E-state index in [1.165, 1.54) is 0 Å². The number of halogens is 1. The Balaban J connectivity index is 2.43. The van der Waals surface area contributed by atoms with Gasteiger partial charge in [-0.2, -0.15) is 5.26 Å². The minimum Gasteiger partial charge on any atom is -0.384 e. The number of nitrogens with zero attached hydrogens (tertiary/aromatic N) is 1. The van der Waals surface area contributed by atoms with Gasteiger partial charge >= 0.3 is 0 Å². The van der Waals surface area contributed by atoms with E-state index in [0.29, 0.717) is 12.0 Å². The number of anilines is 1. The van der Waals surface area contributed by atoms with Gasteiger partial charge in [-0.15, -0.1) is 0 Å². The van der Waals surface area contributed by atoms with Crippen LogP contribution in [0.2, 0.25) is 0 Å². The Morgan fingerprint density at radius 3 is 2.88 bits per heavy atom. The molecule has 90 valence electrons. The quantitative estimate of drug-likeness (QED) is 0.791. The molecular formula is C12H14BrN3O. The summed E-state index contributed by atoms with van der Waals surface area (Å²) in [6.45, 7) is 0.721. The molecule has 0 aliphatic rings. The van der Waals surface area contributed by atoms with E-state index >= 15 is 0 Å². The highest BCUT2D eigenvalue weighted by molar-refractivity contribution is 9.10. The number of rotatable bonds is 6. The lowest BCUT2D eigenvalue weighted by molar-refractivity contribution is -0.118. The van der Waals surface area contributed by atoms with Crippen LogP contribution in [0.1, 0.15) is 24.8 Å². The molecule has 5 heteroatoms. The molecule has 17 heavy (non-hydrogen) atoms. The summed E-state index contributed by atoms with van der Waals surface area (Å²) >= 11 is 3.36. The fourth-order valence-corrected chi connectivity index (χ4v) is 1.77. The van der Waals surface area contributed by atoms with Crippen molar-refractivity contribution in [2.45, 2.75) is 19.3 Å². The molecule has 0 spiro atoms. The van der Waals surface area contributed by atoms with Gasteiger partial charge in [-0.05, 0) is 31.0 Å². The first-order valence-corrected chi connectivity index (χ1v) is 6.14. The molecule has 0 aliphatic carbocycles. The number of carbonyl (C=O) groups is 1. The minimum atomic E-state index is -0.273. The summed E-state index contributed by atoms with van der Waals surface area (Å²) in [5, 5.41) is 12.1. The van der Waals surface area contributed by atoms with E-state index in [1.54, 1.807) is 6.07 Å². The second-order valence-electron chi connectivity index (χ2n) is 3.65. The Kier molecular flexibility index (Phi) is 5.50. The number of carbonyl (C=O) groups excluding carboxylic acids is 1. The Hall–Kier alpha value is -1.54. The molecule has 0 bridgehead atoms. The van der Waals surface area contributed by atoms with Gasteiger partial charge in [0.25, 0.3) is 0 Å². The Morgan fingerprint density at radius 1 is 1.47 bits per heavy atom. The van der Waals surface area contributed by atoms with Crippen molar-refractivity contribution in [3.63, 3.8) is 0 Å². The number of unbranched alkanes of at least 4 members (excludes halogenated alkanes) is 1. The third kappa shape index (κ3) is 4.87. The highest BCUT2D eigenvalue weighted by Crippen LogP contribution is 2.20. The summed E-state index contributed by atoms with van der Waals surface area (Å²) in [7, 11) is 0. The molecule has 0 unspecified atom stereocenters. The number of hydrogen-bond donors (Lipinski definition) is 2. The predicted molar refractivity (Wildman–Crippen MR) is 70.4 cm³/mol. The third-order valence-electron chi connectivity index (χ3n) is 2.27. The summed E-state index contributed by atoms with van der Waals surface area (Å²) in [5.41, 5.74) is 6.46. The molecular weight excluding hydrogens is 282 g/mol. The van der Waals surface area contributed by atoms with Crippen LogP contribution in [0, 0.1) is 11.3 Å². The molecule has 0 saturated carbocycles. The van der Waals surface area contributed by atoms with Gasteiger partial charge in [-0.3, -0.25) is 4.79 Å². The van der Waals surface area contributed by atoms with Gasteiger partial charge in [0, 0.05) is 17.4 Å². The predicted octanol–water partition coefficient (Wildman–Crippen LogP) is 2.39. The van der Waals surface area contributed by atoms with Crippen molar-refractivity contribution < 1.29 is 4.79 Å². The largest absolute Gasteiger partial charge is 0.384 e.